The normalized spacial score (nSPS) is 17.7. The van der Waals surface area contributed by atoms with Gasteiger partial charge in [0.05, 0.1) is 32.2 Å². The third-order valence-electron chi connectivity index (χ3n) is 4.96. The van der Waals surface area contributed by atoms with Crippen molar-refractivity contribution in [2.24, 2.45) is 10.5 Å². The Hall–Kier alpha value is -3.39. The molecule has 2 aromatic rings. The summed E-state index contributed by atoms with van der Waals surface area (Å²) in [6, 6.07) is 15.4. The molecule has 0 radical (unpaired) electrons. The van der Waals surface area contributed by atoms with E-state index in [4.69, 9.17) is 21.1 Å². The summed E-state index contributed by atoms with van der Waals surface area (Å²) >= 11 is 5.91. The maximum Gasteiger partial charge on any atom is 0.420 e. The Morgan fingerprint density at radius 2 is 1.71 bits per heavy atom. The Bertz CT molecular complexity index is 1010. The van der Waals surface area contributed by atoms with E-state index in [1.165, 1.54) is 19.2 Å². The van der Waals surface area contributed by atoms with Gasteiger partial charge in [-0.3, -0.25) is 14.6 Å². The molecule has 1 aliphatic rings. The van der Waals surface area contributed by atoms with Crippen molar-refractivity contribution < 1.29 is 23.9 Å². The van der Waals surface area contributed by atoms with Gasteiger partial charge >= 0.3 is 12.1 Å². The number of hydrogen-bond donors (Lipinski definition) is 0. The van der Waals surface area contributed by atoms with E-state index in [0.29, 0.717) is 16.4 Å². The van der Waals surface area contributed by atoms with Crippen LogP contribution in [0.25, 0.3) is 0 Å². The van der Waals surface area contributed by atoms with Gasteiger partial charge in [-0.2, -0.15) is 5.10 Å². The van der Waals surface area contributed by atoms with Crippen molar-refractivity contribution in [1.29, 1.82) is 0 Å². The molecule has 0 aliphatic carbocycles. The fraction of sp³-hybridized carbons (Fsp3) is 0.273. The molecule has 2 amide bonds. The van der Waals surface area contributed by atoms with E-state index in [2.05, 4.69) is 5.10 Å². The number of amides is 2. The number of nitrogens with zero attached hydrogens (tertiary/aromatic N) is 3. The molecular formula is C22H22ClN3O5. The highest BCUT2D eigenvalue weighted by Crippen LogP contribution is 2.32. The van der Waals surface area contributed by atoms with Crippen LogP contribution < -0.4 is 4.90 Å². The van der Waals surface area contributed by atoms with Gasteiger partial charge in [-0.15, -0.1) is 0 Å². The minimum Gasteiger partial charge on any atom is -0.468 e. The molecule has 0 bridgehead atoms. The van der Waals surface area contributed by atoms with Crippen molar-refractivity contribution in [2.75, 3.05) is 32.2 Å². The molecule has 1 heterocycles. The highest BCUT2D eigenvalue weighted by molar-refractivity contribution is 6.30. The number of rotatable bonds is 5. The summed E-state index contributed by atoms with van der Waals surface area (Å²) in [7, 11) is 2.50. The van der Waals surface area contributed by atoms with E-state index in [9.17, 15) is 14.4 Å². The molecule has 2 aromatic carbocycles. The minimum atomic E-state index is -1.08. The summed E-state index contributed by atoms with van der Waals surface area (Å²) in [6.07, 6.45) is -0.838. The Morgan fingerprint density at radius 3 is 2.29 bits per heavy atom. The number of hydrogen-bond acceptors (Lipinski definition) is 7. The highest BCUT2D eigenvalue weighted by atomic mass is 35.5. The maximum absolute atomic E-state index is 13.0. The first-order chi connectivity index (χ1) is 14.8. The van der Waals surface area contributed by atoms with Crippen LogP contribution in [0.4, 0.5) is 10.5 Å². The molecule has 0 saturated carbocycles. The Morgan fingerprint density at radius 1 is 1.06 bits per heavy atom. The van der Waals surface area contributed by atoms with Crippen molar-refractivity contribution in [1.82, 2.24) is 5.01 Å². The third-order valence-corrected chi connectivity index (χ3v) is 5.21. The summed E-state index contributed by atoms with van der Waals surface area (Å²) in [5, 5.41) is 6.44. The molecule has 0 spiro atoms. The van der Waals surface area contributed by atoms with Crippen LogP contribution in [-0.4, -0.2) is 56.0 Å². The molecule has 1 aliphatic heterocycles. The summed E-state index contributed by atoms with van der Waals surface area (Å²) < 4.78 is 9.77. The lowest BCUT2D eigenvalue weighted by molar-refractivity contribution is -0.148. The van der Waals surface area contributed by atoms with Crippen LogP contribution >= 0.6 is 11.6 Å². The number of benzene rings is 2. The fourth-order valence-electron chi connectivity index (χ4n) is 3.44. The van der Waals surface area contributed by atoms with Crippen LogP contribution in [0.15, 0.2) is 59.7 Å². The molecule has 0 aromatic heterocycles. The predicted octanol–water partition coefficient (Wildman–Crippen LogP) is 3.34. The SMILES string of the molecule is COC(=O)N(C(=O)CN1CC(C)(C(=O)OC)C(c2ccccc2)=N1)c1ccc(Cl)cc1. The first-order valence-electron chi connectivity index (χ1n) is 9.44. The third kappa shape index (κ3) is 4.54. The van der Waals surface area contributed by atoms with Crippen LogP contribution in [-0.2, 0) is 19.1 Å². The molecular weight excluding hydrogens is 422 g/mol. The zero-order chi connectivity index (χ0) is 22.6. The second kappa shape index (κ2) is 9.18. The van der Waals surface area contributed by atoms with E-state index < -0.39 is 23.4 Å². The van der Waals surface area contributed by atoms with Crippen LogP contribution in [0.2, 0.25) is 5.02 Å². The molecule has 0 saturated heterocycles. The summed E-state index contributed by atoms with van der Waals surface area (Å²) in [5.41, 5.74) is 0.465. The number of esters is 1. The number of ether oxygens (including phenoxy) is 2. The first-order valence-corrected chi connectivity index (χ1v) is 9.82. The second-order valence-corrected chi connectivity index (χ2v) is 7.57. The number of halogens is 1. The summed E-state index contributed by atoms with van der Waals surface area (Å²) in [4.78, 5) is 38.8. The van der Waals surface area contributed by atoms with Gasteiger partial charge in [-0.05, 0) is 36.8 Å². The smallest absolute Gasteiger partial charge is 0.420 e. The number of imide groups is 1. The molecule has 3 rings (SSSR count). The average molecular weight is 444 g/mol. The van der Waals surface area contributed by atoms with Gasteiger partial charge in [0.15, 0.2) is 0 Å². The van der Waals surface area contributed by atoms with Crippen LogP contribution in [0.3, 0.4) is 0 Å². The van der Waals surface area contributed by atoms with E-state index in [1.807, 2.05) is 30.3 Å². The van der Waals surface area contributed by atoms with Gasteiger partial charge in [0.25, 0.3) is 5.91 Å². The molecule has 0 fully saturated rings. The summed E-state index contributed by atoms with van der Waals surface area (Å²) in [5.74, 6) is -1.04. The van der Waals surface area contributed by atoms with Gasteiger partial charge in [-0.1, -0.05) is 41.9 Å². The van der Waals surface area contributed by atoms with Gasteiger partial charge in [0.1, 0.15) is 12.0 Å². The number of anilines is 1. The quantitative estimate of drug-likeness (QED) is 0.658. The van der Waals surface area contributed by atoms with Crippen molar-refractivity contribution in [3.8, 4) is 0 Å². The van der Waals surface area contributed by atoms with Crippen molar-refractivity contribution in [2.45, 2.75) is 6.92 Å². The fourth-order valence-corrected chi connectivity index (χ4v) is 3.56. The average Bonchev–Trinajstić information content (AvgIpc) is 3.12. The van der Waals surface area contributed by atoms with Crippen LogP contribution in [0.5, 0.6) is 0 Å². The number of carbonyl (C=O) groups excluding carboxylic acids is 3. The predicted molar refractivity (Wildman–Crippen MR) is 116 cm³/mol. The lowest BCUT2D eigenvalue weighted by atomic mass is 9.82. The van der Waals surface area contributed by atoms with Gasteiger partial charge in [-0.25, -0.2) is 9.69 Å². The largest absolute Gasteiger partial charge is 0.468 e. The molecule has 1 atom stereocenters. The molecule has 31 heavy (non-hydrogen) atoms. The Kier molecular flexibility index (Phi) is 6.60. The number of carbonyl (C=O) groups is 3. The van der Waals surface area contributed by atoms with Crippen LogP contribution in [0.1, 0.15) is 12.5 Å². The zero-order valence-corrected chi connectivity index (χ0v) is 18.1. The van der Waals surface area contributed by atoms with Crippen molar-refractivity contribution in [3.63, 3.8) is 0 Å². The number of methoxy groups -OCH3 is 2. The van der Waals surface area contributed by atoms with E-state index in [1.54, 1.807) is 31.2 Å². The van der Waals surface area contributed by atoms with E-state index >= 15 is 0 Å². The number of hydrazone groups is 1. The Labute approximate surface area is 185 Å². The van der Waals surface area contributed by atoms with Gasteiger partial charge in [0.2, 0.25) is 0 Å². The molecule has 1 unspecified atom stereocenters. The maximum atomic E-state index is 13.0. The zero-order valence-electron chi connectivity index (χ0n) is 17.4. The van der Waals surface area contributed by atoms with Crippen molar-refractivity contribution >= 4 is 41.0 Å². The molecule has 162 valence electrons. The minimum absolute atomic E-state index is 0.116. The van der Waals surface area contributed by atoms with Gasteiger partial charge < -0.3 is 9.47 Å². The van der Waals surface area contributed by atoms with Gasteiger partial charge in [0, 0.05) is 5.02 Å². The lowest BCUT2D eigenvalue weighted by Crippen LogP contribution is -2.44. The van der Waals surface area contributed by atoms with E-state index in [0.717, 1.165) is 10.5 Å². The lowest BCUT2D eigenvalue weighted by Gasteiger charge is -2.25. The standard InChI is InChI=1S/C22H22ClN3O5/c1-22(20(28)30-2)14-25(24-19(22)15-7-5-4-6-8-15)13-18(27)26(21(29)31-3)17-11-9-16(23)10-12-17/h4-12H,13-14H2,1-3H3. The topological polar surface area (TPSA) is 88.5 Å². The summed E-state index contributed by atoms with van der Waals surface area (Å²) in [6.45, 7) is 1.58. The van der Waals surface area contributed by atoms with E-state index in [-0.39, 0.29) is 13.1 Å². The van der Waals surface area contributed by atoms with Crippen molar-refractivity contribution in [3.05, 3.63) is 65.2 Å². The molecule has 0 N–H and O–H groups in total. The first kappa shape index (κ1) is 22.3. The molecule has 9 heteroatoms. The molecule has 8 nitrogen and oxygen atoms in total. The monoisotopic (exact) mass is 443 g/mol. The Balaban J connectivity index is 1.90. The highest BCUT2D eigenvalue weighted by Gasteiger charge is 2.47. The van der Waals surface area contributed by atoms with Crippen LogP contribution in [0, 0.1) is 5.41 Å². The second-order valence-electron chi connectivity index (χ2n) is 7.14.